The van der Waals surface area contributed by atoms with Gasteiger partial charge in [-0.1, -0.05) is 24.3 Å². The number of aromatic nitrogens is 1. The molecule has 0 aliphatic rings. The molecule has 8 heteroatoms. The summed E-state index contributed by atoms with van der Waals surface area (Å²) < 4.78 is 11.7. The van der Waals surface area contributed by atoms with E-state index in [2.05, 4.69) is 4.98 Å². The minimum absolute atomic E-state index is 0.197. The molecule has 0 saturated heterocycles. The summed E-state index contributed by atoms with van der Waals surface area (Å²) >= 11 is 1.16. The second-order valence-corrected chi connectivity index (χ2v) is 7.87. The molecule has 7 nitrogen and oxygen atoms in total. The Hall–Kier alpha value is -4.17. The predicted molar refractivity (Wildman–Crippen MR) is 119 cm³/mol. The number of carbonyl (C=O) groups is 2. The second-order valence-electron chi connectivity index (χ2n) is 6.78. The van der Waals surface area contributed by atoms with Gasteiger partial charge >= 0.3 is 5.97 Å². The number of hydrogen-bond donors (Lipinski definition) is 2. The highest BCUT2D eigenvalue weighted by atomic mass is 32.1. The molecule has 2 N–H and O–H groups in total. The molecule has 0 atom stereocenters. The fourth-order valence-corrected chi connectivity index (χ4v) is 3.82. The minimum Gasteiger partial charge on any atom is -0.489 e. The third kappa shape index (κ3) is 5.11. The molecule has 2 aromatic carbocycles. The van der Waals surface area contributed by atoms with Crippen LogP contribution in [0.25, 0.3) is 12.2 Å². The van der Waals surface area contributed by atoms with Crippen LogP contribution in [0.4, 0.5) is 0 Å². The highest BCUT2D eigenvalue weighted by Gasteiger charge is 2.06. The normalized spacial score (nSPS) is 12.1. The lowest BCUT2D eigenvalue weighted by molar-refractivity contribution is 0.0696. The molecule has 0 bridgehead atoms. The van der Waals surface area contributed by atoms with E-state index >= 15 is 0 Å². The van der Waals surface area contributed by atoms with Gasteiger partial charge in [0.1, 0.15) is 12.4 Å². The molecule has 0 unspecified atom stereocenters. The number of H-pyrrole nitrogens is 1. The van der Waals surface area contributed by atoms with Gasteiger partial charge in [-0.2, -0.15) is 0 Å². The fraction of sp³-hybridized carbons (Fsp3) is 0.0417. The van der Waals surface area contributed by atoms with E-state index in [1.165, 1.54) is 18.4 Å². The number of rotatable bonds is 7. The zero-order valence-corrected chi connectivity index (χ0v) is 17.4. The quantitative estimate of drug-likeness (QED) is 0.422. The van der Waals surface area contributed by atoms with Crippen molar-refractivity contribution >= 4 is 35.2 Å². The first-order chi connectivity index (χ1) is 15.5. The van der Waals surface area contributed by atoms with Gasteiger partial charge in [0.15, 0.2) is 5.76 Å². The monoisotopic (exact) mass is 447 g/mol. The van der Waals surface area contributed by atoms with Crippen molar-refractivity contribution in [2.45, 2.75) is 6.61 Å². The Balaban J connectivity index is 1.53. The minimum atomic E-state index is -0.993. The number of Topliss-reactive ketones (excluding diaryl/α,β-unsaturated/α-hetero) is 1. The Morgan fingerprint density at radius 3 is 2.72 bits per heavy atom. The smallest absolute Gasteiger partial charge is 0.335 e. The Morgan fingerprint density at radius 2 is 1.94 bits per heavy atom. The molecule has 0 amide bonds. The van der Waals surface area contributed by atoms with E-state index in [0.717, 1.165) is 22.5 Å². The molecule has 0 saturated carbocycles. The lowest BCUT2D eigenvalue weighted by atomic mass is 10.1. The molecule has 0 aliphatic carbocycles. The molecule has 4 aromatic rings. The number of aromatic amines is 1. The van der Waals surface area contributed by atoms with Crippen LogP contribution in [0.15, 0.2) is 76.1 Å². The maximum atomic E-state index is 12.3. The molecular weight excluding hydrogens is 430 g/mol. The van der Waals surface area contributed by atoms with Crippen molar-refractivity contribution in [2.24, 2.45) is 0 Å². The number of nitrogens with one attached hydrogen (secondary N) is 1. The molecule has 32 heavy (non-hydrogen) atoms. The Kier molecular flexibility index (Phi) is 6.14. The van der Waals surface area contributed by atoms with Gasteiger partial charge in [-0.25, -0.2) is 4.79 Å². The number of furan rings is 1. The molecule has 4 rings (SSSR count). The van der Waals surface area contributed by atoms with Crippen LogP contribution in [0.2, 0.25) is 0 Å². The third-order valence-electron chi connectivity index (χ3n) is 4.44. The first kappa shape index (κ1) is 21.1. The summed E-state index contributed by atoms with van der Waals surface area (Å²) in [6.07, 6.45) is 4.44. The maximum absolute atomic E-state index is 12.3. The number of benzene rings is 2. The van der Waals surface area contributed by atoms with Gasteiger partial charge in [0.05, 0.1) is 21.0 Å². The van der Waals surface area contributed by atoms with Crippen molar-refractivity contribution in [3.8, 4) is 5.75 Å². The Bertz CT molecular complexity index is 1450. The van der Waals surface area contributed by atoms with Gasteiger partial charge in [0, 0.05) is 6.08 Å². The van der Waals surface area contributed by atoms with Crippen molar-refractivity contribution < 1.29 is 23.8 Å². The maximum Gasteiger partial charge on any atom is 0.335 e. The largest absolute Gasteiger partial charge is 0.489 e. The number of carboxylic acids is 1. The van der Waals surface area contributed by atoms with Gasteiger partial charge in [-0.15, -0.1) is 11.3 Å². The van der Waals surface area contributed by atoms with Crippen molar-refractivity contribution in [2.75, 3.05) is 0 Å². The number of thiazole rings is 1. The standard InChI is InChI=1S/C24H17NO6S/c26-19(20-8-3-9-30-20)13-22-25-23(27)21(32-22)12-15-4-2-7-18(11-15)31-14-16-5-1-6-17(10-16)24(28)29/h1-13H,14H2,(H,25,27)(H,28,29)/b21-12-,22-13-. The van der Waals surface area contributed by atoms with Crippen LogP contribution < -0.4 is 19.5 Å². The van der Waals surface area contributed by atoms with E-state index in [4.69, 9.17) is 14.3 Å². The Labute approximate surface area is 185 Å². The number of ether oxygens (including phenoxy) is 1. The van der Waals surface area contributed by atoms with Gasteiger partial charge in [-0.3, -0.25) is 9.59 Å². The number of aromatic carboxylic acids is 1. The zero-order valence-electron chi connectivity index (χ0n) is 16.6. The SMILES string of the molecule is O=C(O)c1cccc(COc2cccc(/C=c3\s/c(=C\C(=O)c4ccco4)[nH]c3=O)c2)c1. The lowest BCUT2D eigenvalue weighted by Crippen LogP contribution is -2.20. The van der Waals surface area contributed by atoms with Crippen LogP contribution in [-0.2, 0) is 6.61 Å². The molecule has 0 radical (unpaired) electrons. The van der Waals surface area contributed by atoms with E-state index in [1.54, 1.807) is 54.6 Å². The zero-order chi connectivity index (χ0) is 22.5. The van der Waals surface area contributed by atoms with Gasteiger partial charge in [0.25, 0.3) is 5.56 Å². The highest BCUT2D eigenvalue weighted by molar-refractivity contribution is 7.07. The van der Waals surface area contributed by atoms with Crippen molar-refractivity contribution in [3.63, 3.8) is 0 Å². The first-order valence-corrected chi connectivity index (χ1v) is 10.3. The van der Waals surface area contributed by atoms with Crippen LogP contribution in [0, 0.1) is 0 Å². The molecule has 0 fully saturated rings. The summed E-state index contributed by atoms with van der Waals surface area (Å²) in [4.78, 5) is 38.2. The predicted octanol–water partition coefficient (Wildman–Crippen LogP) is 2.80. The molecule has 2 heterocycles. The van der Waals surface area contributed by atoms with Crippen molar-refractivity contribution in [3.05, 3.63) is 109 Å². The molecule has 160 valence electrons. The summed E-state index contributed by atoms with van der Waals surface area (Å²) in [6.45, 7) is 0.207. The number of hydrogen-bond acceptors (Lipinski definition) is 6. The summed E-state index contributed by atoms with van der Waals surface area (Å²) in [5.74, 6) is -0.552. The summed E-state index contributed by atoms with van der Waals surface area (Å²) in [6, 6.07) is 16.9. The fourth-order valence-electron chi connectivity index (χ4n) is 2.94. The van der Waals surface area contributed by atoms with E-state index < -0.39 is 5.97 Å². The van der Waals surface area contributed by atoms with Gasteiger partial charge in [0.2, 0.25) is 5.78 Å². The average Bonchev–Trinajstić information content (AvgIpc) is 3.43. The summed E-state index contributed by atoms with van der Waals surface area (Å²) in [7, 11) is 0. The number of carboxylic acid groups (broad SMARTS) is 1. The van der Waals surface area contributed by atoms with Crippen LogP contribution >= 0.6 is 11.3 Å². The van der Waals surface area contributed by atoms with E-state index in [9.17, 15) is 14.4 Å². The average molecular weight is 447 g/mol. The first-order valence-electron chi connectivity index (χ1n) is 9.53. The van der Waals surface area contributed by atoms with Gasteiger partial charge in [-0.05, 0) is 53.6 Å². The molecule has 0 spiro atoms. The molecular formula is C24H17NO6S. The van der Waals surface area contributed by atoms with Crippen molar-refractivity contribution in [1.29, 1.82) is 0 Å². The van der Waals surface area contributed by atoms with E-state index in [-0.39, 0.29) is 29.3 Å². The number of carbonyl (C=O) groups excluding carboxylic acids is 1. The lowest BCUT2D eigenvalue weighted by Gasteiger charge is -2.07. The molecule has 2 aromatic heterocycles. The molecule has 0 aliphatic heterocycles. The van der Waals surface area contributed by atoms with E-state index in [0.29, 0.717) is 14.9 Å². The Morgan fingerprint density at radius 1 is 1.09 bits per heavy atom. The summed E-state index contributed by atoms with van der Waals surface area (Å²) in [5, 5.41) is 9.09. The second kappa shape index (κ2) is 9.32. The van der Waals surface area contributed by atoms with Crippen LogP contribution in [-0.4, -0.2) is 21.8 Å². The van der Waals surface area contributed by atoms with E-state index in [1.807, 2.05) is 6.07 Å². The third-order valence-corrected chi connectivity index (χ3v) is 5.40. The van der Waals surface area contributed by atoms with Crippen LogP contribution in [0.3, 0.4) is 0 Å². The van der Waals surface area contributed by atoms with Gasteiger partial charge < -0.3 is 19.2 Å². The topological polar surface area (TPSA) is 110 Å². The number of ketones is 1. The van der Waals surface area contributed by atoms with Crippen molar-refractivity contribution in [1.82, 2.24) is 4.98 Å². The highest BCUT2D eigenvalue weighted by Crippen LogP contribution is 2.16. The van der Waals surface area contributed by atoms with Crippen LogP contribution in [0.5, 0.6) is 5.75 Å². The van der Waals surface area contributed by atoms with Crippen LogP contribution in [0.1, 0.15) is 32.0 Å². The summed E-state index contributed by atoms with van der Waals surface area (Å²) in [5.41, 5.74) is 1.38.